The van der Waals surface area contributed by atoms with E-state index in [1.165, 1.54) is 31.0 Å². The SMILES string of the molecule is COc1cc(Nc2c(C#N)cnc3cc(OCCCN4CCN(CCCCCCOCCOCCOCCOCCOCCOCC(=O)NC(C(=O)N5C[C@H](O)CC5C(=O)NCc5ccc(-c6scnc6C)cc5)C(C)(C)C)CC4)c(OC)cc23)c(Cl)cc1Cl. The molecule has 4 N–H and O–H groups in total. The van der Waals surface area contributed by atoms with Crippen molar-refractivity contribution in [3.8, 4) is 33.8 Å². The lowest BCUT2D eigenvalue weighted by atomic mass is 9.85. The van der Waals surface area contributed by atoms with Gasteiger partial charge in [0, 0.05) is 82.6 Å². The normalized spacial score (nSPS) is 15.8. The van der Waals surface area contributed by atoms with Gasteiger partial charge in [0.25, 0.3) is 0 Å². The number of β-amino-alcohol motifs (C(OH)–C–C–N with tert-alkyl or cyclic N) is 1. The number of nitrogens with zero attached hydrogens (tertiary/aromatic N) is 6. The number of benzene rings is 3. The summed E-state index contributed by atoms with van der Waals surface area (Å²) >= 11 is 14.3. The van der Waals surface area contributed by atoms with Gasteiger partial charge in [-0.1, -0.05) is 81.1 Å². The van der Waals surface area contributed by atoms with Crippen LogP contribution in [0.25, 0.3) is 21.3 Å². The van der Waals surface area contributed by atoms with Gasteiger partial charge in [-0.3, -0.25) is 19.4 Å². The quantitative estimate of drug-likeness (QED) is 0.0269. The Kier molecular flexibility index (Phi) is 29.8. The number of amides is 3. The maximum Gasteiger partial charge on any atom is 0.246 e. The fourth-order valence-corrected chi connectivity index (χ4v) is 11.8. The Labute approximate surface area is 543 Å². The molecule has 492 valence electrons. The molecule has 3 atom stereocenters. The summed E-state index contributed by atoms with van der Waals surface area (Å²) in [5, 5.41) is 30.9. The van der Waals surface area contributed by atoms with Crippen LogP contribution in [0.1, 0.15) is 76.1 Å². The average Bonchev–Trinajstić information content (AvgIpc) is 0.984. The Balaban J connectivity index is 0.626. The Hall–Kier alpha value is -5.98. The molecule has 2 aliphatic rings. The van der Waals surface area contributed by atoms with Gasteiger partial charge in [0.15, 0.2) is 11.5 Å². The van der Waals surface area contributed by atoms with Gasteiger partial charge in [0.1, 0.15) is 30.5 Å². The van der Waals surface area contributed by atoms with Gasteiger partial charge in [-0.05, 0) is 61.4 Å². The molecule has 2 saturated heterocycles. The van der Waals surface area contributed by atoms with Gasteiger partial charge in [0.2, 0.25) is 17.7 Å². The number of fused-ring (bicyclic) bond motifs is 1. The van der Waals surface area contributed by atoms with Gasteiger partial charge < -0.3 is 78.4 Å². The topological polar surface area (TPSA) is 250 Å². The summed E-state index contributed by atoms with van der Waals surface area (Å²) in [6.45, 7) is 18.9. The number of thiazole rings is 1. The number of aliphatic hydroxyl groups is 1. The van der Waals surface area contributed by atoms with Crippen molar-refractivity contribution in [2.45, 2.75) is 91.0 Å². The first-order valence-corrected chi connectivity index (χ1v) is 32.5. The highest BCUT2D eigenvalue weighted by Gasteiger charge is 2.44. The highest BCUT2D eigenvalue weighted by atomic mass is 35.5. The second-order valence-corrected chi connectivity index (χ2v) is 24.8. The number of methoxy groups -OCH3 is 2. The van der Waals surface area contributed by atoms with Crippen LogP contribution in [0.15, 0.2) is 60.2 Å². The number of pyridine rings is 1. The van der Waals surface area contributed by atoms with E-state index in [-0.39, 0.29) is 45.2 Å². The zero-order valence-corrected chi connectivity index (χ0v) is 55.1. The van der Waals surface area contributed by atoms with Crippen LogP contribution >= 0.6 is 34.5 Å². The highest BCUT2D eigenvalue weighted by Crippen LogP contribution is 2.41. The molecule has 7 rings (SSSR count). The second-order valence-electron chi connectivity index (χ2n) is 23.1. The average molecular weight is 1310 g/mol. The van der Waals surface area contributed by atoms with Gasteiger partial charge in [-0.25, -0.2) is 4.98 Å². The van der Waals surface area contributed by atoms with E-state index < -0.39 is 35.4 Å². The minimum absolute atomic E-state index is 0.0160. The highest BCUT2D eigenvalue weighted by molar-refractivity contribution is 7.13. The molecule has 2 aromatic heterocycles. The zero-order chi connectivity index (χ0) is 64.3. The van der Waals surface area contributed by atoms with E-state index in [1.807, 2.05) is 69.6 Å². The number of anilines is 2. The van der Waals surface area contributed by atoms with Crippen molar-refractivity contribution in [3.05, 3.63) is 87.1 Å². The molecule has 4 heterocycles. The molecule has 5 aromatic rings. The Bertz CT molecular complexity index is 3090. The zero-order valence-electron chi connectivity index (χ0n) is 52.8. The van der Waals surface area contributed by atoms with E-state index in [0.717, 1.165) is 86.8 Å². The van der Waals surface area contributed by atoms with Crippen molar-refractivity contribution in [3.63, 3.8) is 0 Å². The smallest absolute Gasteiger partial charge is 0.246 e. The van der Waals surface area contributed by atoms with Gasteiger partial charge in [-0.15, -0.1) is 11.3 Å². The number of nitrogens with one attached hydrogen (secondary N) is 3. The number of unbranched alkanes of at least 4 members (excludes halogenated alkanes) is 3. The molecular weight excluding hydrogens is 1220 g/mol. The van der Waals surface area contributed by atoms with E-state index >= 15 is 0 Å². The molecule has 0 spiro atoms. The number of hydrogen-bond donors (Lipinski definition) is 4. The van der Waals surface area contributed by atoms with Crippen molar-refractivity contribution < 1.29 is 62.1 Å². The monoisotopic (exact) mass is 1310 g/mol. The maximum absolute atomic E-state index is 13.9. The Morgan fingerprint density at radius 2 is 1.36 bits per heavy atom. The van der Waals surface area contributed by atoms with Crippen molar-refractivity contribution in [2.24, 2.45) is 5.41 Å². The lowest BCUT2D eigenvalue weighted by molar-refractivity contribution is -0.144. The molecule has 0 aliphatic carbocycles. The standard InChI is InChI=1S/C65H89Cl2N9O13S/c1-45-61(90-44-71-45)47-14-12-46(13-15-47)40-70-63(79)55-34-49(77)42-76(55)64(80)62(65(2,3)4)73-59(78)43-88-33-32-87-31-30-86-29-28-85-27-26-84-25-24-83-22-10-8-7-9-16-74-18-20-75(21-19-74)17-11-23-89-58-37-53-50(35-57(58)82-6)60(48(39-68)41-69-53)72-54-38-56(81-5)52(67)36-51(54)66/h12-15,35-38,41,44,49,55,62,77H,7-11,16-34,40,42-43H2,1-6H3,(H,69,72)(H,70,79)(H,73,78)/t49-,55?,62?/m1/s1. The third-order valence-corrected chi connectivity index (χ3v) is 17.0. The van der Waals surface area contributed by atoms with Crippen LogP contribution in [0, 0.1) is 23.7 Å². The van der Waals surface area contributed by atoms with Crippen molar-refractivity contribution in [1.82, 2.24) is 35.3 Å². The van der Waals surface area contributed by atoms with Crippen molar-refractivity contribution >= 4 is 74.5 Å². The molecule has 0 bridgehead atoms. The largest absolute Gasteiger partial charge is 0.495 e. The van der Waals surface area contributed by atoms with Crippen LogP contribution in [0.5, 0.6) is 17.2 Å². The van der Waals surface area contributed by atoms with Gasteiger partial charge in [0.05, 0.1) is 142 Å². The molecule has 2 fully saturated rings. The minimum atomic E-state index is -0.963. The Morgan fingerprint density at radius 1 is 0.744 bits per heavy atom. The summed E-state index contributed by atoms with van der Waals surface area (Å²) in [4.78, 5) is 56.7. The van der Waals surface area contributed by atoms with E-state index in [4.69, 9.17) is 65.8 Å². The fourth-order valence-electron chi connectivity index (χ4n) is 10.5. The number of carbonyl (C=O) groups excluding carboxylic acids is 3. The minimum Gasteiger partial charge on any atom is -0.495 e. The predicted molar refractivity (Wildman–Crippen MR) is 347 cm³/mol. The number of hydrogen-bond acceptors (Lipinski definition) is 20. The van der Waals surface area contributed by atoms with Crippen LogP contribution in [-0.4, -0.2) is 212 Å². The van der Waals surface area contributed by atoms with Crippen LogP contribution < -0.4 is 30.2 Å². The molecule has 0 saturated carbocycles. The maximum atomic E-state index is 13.9. The third-order valence-electron chi connectivity index (χ3n) is 15.4. The number of nitriles is 1. The summed E-state index contributed by atoms with van der Waals surface area (Å²) < 4.78 is 51.1. The van der Waals surface area contributed by atoms with Crippen LogP contribution in [-0.2, 0) is 49.3 Å². The fraction of sp³-hybridized carbons (Fsp3) is 0.569. The summed E-state index contributed by atoms with van der Waals surface area (Å²) in [7, 11) is 3.11. The number of carbonyl (C=O) groups is 3. The molecule has 2 unspecified atom stereocenters. The number of piperazine rings is 1. The predicted octanol–water partition coefficient (Wildman–Crippen LogP) is 8.46. The summed E-state index contributed by atoms with van der Waals surface area (Å²) in [5.74, 6) is 0.266. The number of aromatic nitrogens is 2. The first-order valence-electron chi connectivity index (χ1n) is 30.9. The lowest BCUT2D eigenvalue weighted by Gasteiger charge is -2.35. The second kappa shape index (κ2) is 37.5. The summed E-state index contributed by atoms with van der Waals surface area (Å²) in [5.41, 5.74) is 6.04. The van der Waals surface area contributed by atoms with E-state index in [2.05, 4.69) is 41.8 Å². The van der Waals surface area contributed by atoms with E-state index in [9.17, 15) is 24.8 Å². The van der Waals surface area contributed by atoms with Crippen molar-refractivity contribution in [1.29, 1.82) is 5.26 Å². The van der Waals surface area contributed by atoms with Gasteiger partial charge >= 0.3 is 0 Å². The lowest BCUT2D eigenvalue weighted by Crippen LogP contribution is -2.58. The number of rotatable bonds is 39. The summed E-state index contributed by atoms with van der Waals surface area (Å²) in [6.07, 6.45) is 6.13. The number of likely N-dealkylation sites (tertiary alicyclic amines) is 1. The van der Waals surface area contributed by atoms with Gasteiger partial charge in [-0.2, -0.15) is 5.26 Å². The number of aryl methyl sites for hydroxylation is 1. The van der Waals surface area contributed by atoms with Crippen LogP contribution in [0.2, 0.25) is 10.0 Å². The first-order chi connectivity index (χ1) is 43.6. The number of aliphatic hydroxyl groups excluding tert-OH is 1. The molecule has 22 nitrogen and oxygen atoms in total. The van der Waals surface area contributed by atoms with Crippen LogP contribution in [0.3, 0.4) is 0 Å². The molecule has 25 heteroatoms. The molecular formula is C65H89Cl2N9O13S. The summed E-state index contributed by atoms with van der Waals surface area (Å²) in [6, 6.07) is 15.2. The van der Waals surface area contributed by atoms with E-state index in [0.29, 0.717) is 115 Å². The molecule has 3 aromatic carbocycles. The molecule has 90 heavy (non-hydrogen) atoms. The molecule has 2 aliphatic heterocycles. The first kappa shape index (κ1) is 71.5. The third kappa shape index (κ3) is 22.4. The van der Waals surface area contributed by atoms with Crippen LogP contribution in [0.4, 0.5) is 11.4 Å². The Morgan fingerprint density at radius 3 is 1.96 bits per heavy atom. The number of halogens is 2. The number of ether oxygens (including phenoxy) is 9. The molecule has 0 radical (unpaired) electrons. The van der Waals surface area contributed by atoms with E-state index in [1.54, 1.807) is 30.6 Å². The molecule has 3 amide bonds. The van der Waals surface area contributed by atoms with Crippen molar-refractivity contribution in [2.75, 3.05) is 151 Å².